The zero-order valence-electron chi connectivity index (χ0n) is 15.8. The van der Waals surface area contributed by atoms with Gasteiger partial charge in [-0.25, -0.2) is 0 Å². The molecule has 142 valence electrons. The summed E-state index contributed by atoms with van der Waals surface area (Å²) in [6, 6.07) is 13.4. The molecule has 0 fully saturated rings. The number of nitrogens with one attached hydrogen (secondary N) is 1. The van der Waals surface area contributed by atoms with E-state index in [1.54, 1.807) is 7.11 Å². The smallest absolute Gasteiger partial charge is 0.293 e. The van der Waals surface area contributed by atoms with Crippen molar-refractivity contribution in [3.8, 4) is 17.1 Å². The Balaban J connectivity index is 1.56. The van der Waals surface area contributed by atoms with Crippen LogP contribution in [0.4, 0.5) is 5.13 Å². The SMILES string of the molecule is CCc1ccc2oc(C(=O)Nc3nc(-c4ccc(OC)cc4)ns3)c(C)c2c1. The summed E-state index contributed by atoms with van der Waals surface area (Å²) in [4.78, 5) is 17.1. The molecule has 0 atom stereocenters. The van der Waals surface area contributed by atoms with E-state index < -0.39 is 0 Å². The molecule has 0 spiro atoms. The number of hydrogen-bond acceptors (Lipinski definition) is 6. The number of nitrogens with zero attached hydrogens (tertiary/aromatic N) is 2. The fourth-order valence-electron chi connectivity index (χ4n) is 2.99. The molecule has 4 aromatic rings. The topological polar surface area (TPSA) is 77.2 Å². The first kappa shape index (κ1) is 18.2. The lowest BCUT2D eigenvalue weighted by atomic mass is 10.1. The molecule has 1 amide bonds. The lowest BCUT2D eigenvalue weighted by molar-refractivity contribution is 0.0998. The molecule has 2 heterocycles. The van der Waals surface area contributed by atoms with Gasteiger partial charge >= 0.3 is 0 Å². The standard InChI is InChI=1S/C21H19N3O3S/c1-4-13-5-10-17-16(11-13)12(2)18(27-17)20(25)23-21-22-19(24-28-21)14-6-8-15(26-3)9-7-14/h5-11H,4H2,1-3H3,(H,22,23,24,25). The van der Waals surface area contributed by atoms with Crippen molar-refractivity contribution < 1.29 is 13.9 Å². The van der Waals surface area contributed by atoms with Crippen LogP contribution in [0.2, 0.25) is 0 Å². The zero-order chi connectivity index (χ0) is 19.7. The van der Waals surface area contributed by atoms with Crippen molar-refractivity contribution in [3.63, 3.8) is 0 Å². The minimum absolute atomic E-state index is 0.296. The maximum atomic E-state index is 12.7. The van der Waals surface area contributed by atoms with Crippen molar-refractivity contribution >= 4 is 33.5 Å². The Morgan fingerprint density at radius 3 is 2.71 bits per heavy atom. The summed E-state index contributed by atoms with van der Waals surface area (Å²) >= 11 is 1.13. The monoisotopic (exact) mass is 393 g/mol. The van der Waals surface area contributed by atoms with Crippen LogP contribution in [0.5, 0.6) is 5.75 Å². The van der Waals surface area contributed by atoms with E-state index >= 15 is 0 Å². The highest BCUT2D eigenvalue weighted by Crippen LogP contribution is 2.28. The summed E-state index contributed by atoms with van der Waals surface area (Å²) in [6.07, 6.45) is 0.932. The van der Waals surface area contributed by atoms with Crippen LogP contribution in [0, 0.1) is 6.92 Å². The number of methoxy groups -OCH3 is 1. The summed E-state index contributed by atoms with van der Waals surface area (Å²) in [6.45, 7) is 3.99. The quantitative estimate of drug-likeness (QED) is 0.511. The highest BCUT2D eigenvalue weighted by Gasteiger charge is 2.19. The second-order valence-electron chi connectivity index (χ2n) is 6.35. The highest BCUT2D eigenvalue weighted by molar-refractivity contribution is 7.10. The largest absolute Gasteiger partial charge is 0.497 e. The van der Waals surface area contributed by atoms with Crippen LogP contribution >= 0.6 is 11.5 Å². The third kappa shape index (κ3) is 3.36. The number of carbonyl (C=O) groups excluding carboxylic acids is 1. The van der Waals surface area contributed by atoms with Gasteiger partial charge in [0.2, 0.25) is 5.13 Å². The number of ether oxygens (including phenoxy) is 1. The molecule has 0 aliphatic rings. The van der Waals surface area contributed by atoms with E-state index in [2.05, 4.69) is 27.7 Å². The summed E-state index contributed by atoms with van der Waals surface area (Å²) in [5.74, 6) is 1.28. The summed E-state index contributed by atoms with van der Waals surface area (Å²) in [7, 11) is 1.62. The third-order valence-electron chi connectivity index (χ3n) is 4.61. The van der Waals surface area contributed by atoms with E-state index in [1.165, 1.54) is 5.56 Å². The molecule has 6 nitrogen and oxygen atoms in total. The normalized spacial score (nSPS) is 11.0. The number of hydrogen-bond donors (Lipinski definition) is 1. The fourth-order valence-corrected chi connectivity index (χ4v) is 3.57. The average Bonchev–Trinajstić information content (AvgIpc) is 3.32. The molecule has 0 aliphatic heterocycles. The molecule has 4 rings (SSSR count). The first-order valence-corrected chi connectivity index (χ1v) is 9.68. The number of fused-ring (bicyclic) bond motifs is 1. The van der Waals surface area contributed by atoms with Gasteiger partial charge in [0.15, 0.2) is 11.6 Å². The molecule has 0 saturated carbocycles. The Hall–Kier alpha value is -3.19. The van der Waals surface area contributed by atoms with Gasteiger partial charge < -0.3 is 9.15 Å². The van der Waals surface area contributed by atoms with Crippen molar-refractivity contribution in [3.05, 3.63) is 59.4 Å². The van der Waals surface area contributed by atoms with Gasteiger partial charge in [0.25, 0.3) is 5.91 Å². The van der Waals surface area contributed by atoms with Crippen LogP contribution in [0.15, 0.2) is 46.9 Å². The van der Waals surface area contributed by atoms with Crippen LogP contribution < -0.4 is 10.1 Å². The van der Waals surface area contributed by atoms with E-state index in [-0.39, 0.29) is 5.91 Å². The predicted molar refractivity (Wildman–Crippen MR) is 110 cm³/mol. The number of carbonyl (C=O) groups is 1. The summed E-state index contributed by atoms with van der Waals surface area (Å²) < 4.78 is 15.3. The van der Waals surface area contributed by atoms with Crippen LogP contribution in [0.25, 0.3) is 22.4 Å². The molecule has 0 aliphatic carbocycles. The van der Waals surface area contributed by atoms with Gasteiger partial charge in [0.1, 0.15) is 11.3 Å². The van der Waals surface area contributed by atoms with Gasteiger partial charge in [-0.1, -0.05) is 13.0 Å². The lowest BCUT2D eigenvalue weighted by Gasteiger charge is -2.00. The molecule has 0 radical (unpaired) electrons. The van der Waals surface area contributed by atoms with Crippen LogP contribution in [0.3, 0.4) is 0 Å². The van der Waals surface area contributed by atoms with Gasteiger partial charge in [0.05, 0.1) is 7.11 Å². The van der Waals surface area contributed by atoms with Crippen molar-refractivity contribution in [2.45, 2.75) is 20.3 Å². The molecular weight excluding hydrogens is 374 g/mol. The minimum atomic E-state index is -0.329. The maximum Gasteiger partial charge on any atom is 0.293 e. The van der Waals surface area contributed by atoms with Gasteiger partial charge in [-0.15, -0.1) is 0 Å². The van der Waals surface area contributed by atoms with Gasteiger partial charge in [-0.05, 0) is 55.3 Å². The number of furan rings is 1. The molecule has 0 saturated heterocycles. The van der Waals surface area contributed by atoms with E-state index in [0.29, 0.717) is 22.3 Å². The highest BCUT2D eigenvalue weighted by atomic mass is 32.1. The van der Waals surface area contributed by atoms with Gasteiger partial charge in [-0.2, -0.15) is 9.36 Å². The Bertz CT molecular complexity index is 1150. The van der Waals surface area contributed by atoms with E-state index in [9.17, 15) is 4.79 Å². The first-order chi connectivity index (χ1) is 13.6. The van der Waals surface area contributed by atoms with Crippen molar-refractivity contribution in [2.75, 3.05) is 12.4 Å². The van der Waals surface area contributed by atoms with E-state index in [1.807, 2.05) is 43.3 Å². The van der Waals surface area contributed by atoms with Crippen LogP contribution in [-0.2, 0) is 6.42 Å². The van der Waals surface area contributed by atoms with Crippen LogP contribution in [-0.4, -0.2) is 22.4 Å². The van der Waals surface area contributed by atoms with Crippen molar-refractivity contribution in [2.24, 2.45) is 0 Å². The number of anilines is 1. The maximum absolute atomic E-state index is 12.7. The fraction of sp³-hybridized carbons (Fsp3) is 0.190. The average molecular weight is 393 g/mol. The Labute approximate surface area is 166 Å². The van der Waals surface area contributed by atoms with Crippen molar-refractivity contribution in [1.82, 2.24) is 9.36 Å². The molecular formula is C21H19N3O3S. The minimum Gasteiger partial charge on any atom is -0.497 e. The Kier molecular flexibility index (Phi) is 4.83. The second-order valence-corrected chi connectivity index (χ2v) is 7.10. The molecule has 2 aromatic carbocycles. The second kappa shape index (κ2) is 7.44. The van der Waals surface area contributed by atoms with E-state index in [0.717, 1.165) is 40.2 Å². The molecule has 1 N–H and O–H groups in total. The predicted octanol–water partition coefficient (Wildman–Crippen LogP) is 5.08. The third-order valence-corrected chi connectivity index (χ3v) is 5.24. The van der Waals surface area contributed by atoms with Crippen LogP contribution in [0.1, 0.15) is 28.6 Å². The number of rotatable bonds is 5. The van der Waals surface area contributed by atoms with Crippen molar-refractivity contribution in [1.29, 1.82) is 0 Å². The number of aromatic nitrogens is 2. The number of benzene rings is 2. The first-order valence-electron chi connectivity index (χ1n) is 8.90. The van der Waals surface area contributed by atoms with Gasteiger partial charge in [-0.3, -0.25) is 10.1 Å². The molecule has 2 aromatic heterocycles. The molecule has 7 heteroatoms. The molecule has 28 heavy (non-hydrogen) atoms. The Morgan fingerprint density at radius 1 is 1.21 bits per heavy atom. The summed E-state index contributed by atoms with van der Waals surface area (Å²) in [5, 5.41) is 4.17. The number of amides is 1. The zero-order valence-corrected chi connectivity index (χ0v) is 16.6. The molecule has 0 unspecified atom stereocenters. The van der Waals surface area contributed by atoms with E-state index in [4.69, 9.17) is 9.15 Å². The summed E-state index contributed by atoms with van der Waals surface area (Å²) in [5.41, 5.74) is 3.58. The molecule has 0 bridgehead atoms. The Morgan fingerprint density at radius 2 is 2.00 bits per heavy atom. The number of aryl methyl sites for hydroxylation is 2. The lowest BCUT2D eigenvalue weighted by Crippen LogP contribution is -2.11. The van der Waals surface area contributed by atoms with Gasteiger partial charge in [0, 0.05) is 28.0 Å².